The largest absolute Gasteiger partial charge is 0.497 e. The number of methoxy groups -OCH3 is 1. The molecule has 2 aliphatic heterocycles. The summed E-state index contributed by atoms with van der Waals surface area (Å²) in [6.45, 7) is 3.85. The van der Waals surface area contributed by atoms with E-state index in [-0.39, 0.29) is 5.91 Å². The van der Waals surface area contributed by atoms with E-state index in [1.165, 1.54) is 0 Å². The van der Waals surface area contributed by atoms with Crippen LogP contribution < -0.4 is 9.64 Å². The topological polar surface area (TPSA) is 67.8 Å². The number of aromatic nitrogens is 2. The molecule has 3 heterocycles. The Balaban J connectivity index is 1.41. The summed E-state index contributed by atoms with van der Waals surface area (Å²) in [6.07, 6.45) is 2.58. The third-order valence-electron chi connectivity index (χ3n) is 5.17. The maximum atomic E-state index is 12.7. The minimum atomic E-state index is 0.105. The second-order valence-electron chi connectivity index (χ2n) is 6.95. The van der Waals surface area contributed by atoms with E-state index in [1.807, 2.05) is 40.1 Å². The van der Waals surface area contributed by atoms with Crippen LogP contribution in [0, 0.1) is 0 Å². The van der Waals surface area contributed by atoms with Gasteiger partial charge in [0.15, 0.2) is 0 Å². The molecule has 142 valence electrons. The Morgan fingerprint density at radius 2 is 2.19 bits per heavy atom. The zero-order valence-electron chi connectivity index (χ0n) is 15.5. The molecule has 0 N–H and O–H groups in total. The molecule has 2 aliphatic rings. The Hall–Kier alpha value is -2.67. The number of amides is 1. The van der Waals surface area contributed by atoms with Crippen LogP contribution in [0.15, 0.2) is 36.7 Å². The van der Waals surface area contributed by atoms with Crippen molar-refractivity contribution in [3.63, 3.8) is 0 Å². The first-order chi connectivity index (χ1) is 13.2. The number of nitrogens with zero attached hydrogens (tertiary/aromatic N) is 4. The van der Waals surface area contributed by atoms with Gasteiger partial charge >= 0.3 is 0 Å². The van der Waals surface area contributed by atoms with Crippen LogP contribution in [0.2, 0.25) is 0 Å². The molecule has 0 bridgehead atoms. The van der Waals surface area contributed by atoms with Crippen LogP contribution >= 0.6 is 0 Å². The van der Waals surface area contributed by atoms with Crippen molar-refractivity contribution in [3.05, 3.63) is 47.9 Å². The second-order valence-corrected chi connectivity index (χ2v) is 6.95. The molecule has 0 saturated carbocycles. The van der Waals surface area contributed by atoms with E-state index in [9.17, 15) is 4.79 Å². The first-order valence-corrected chi connectivity index (χ1v) is 9.28. The van der Waals surface area contributed by atoms with E-state index >= 15 is 0 Å². The normalized spacial score (nSPS) is 20.2. The smallest absolute Gasteiger partial charge is 0.242 e. The lowest BCUT2D eigenvalue weighted by Crippen LogP contribution is -2.50. The quantitative estimate of drug-likeness (QED) is 0.802. The van der Waals surface area contributed by atoms with Gasteiger partial charge in [0.2, 0.25) is 5.91 Å². The van der Waals surface area contributed by atoms with Crippen LogP contribution in [-0.2, 0) is 16.1 Å². The highest BCUT2D eigenvalue weighted by Crippen LogP contribution is 2.26. The summed E-state index contributed by atoms with van der Waals surface area (Å²) in [5.41, 5.74) is 2.07. The van der Waals surface area contributed by atoms with Gasteiger partial charge in [-0.05, 0) is 24.1 Å². The van der Waals surface area contributed by atoms with E-state index in [4.69, 9.17) is 9.47 Å². The molecule has 1 unspecified atom stereocenters. The fourth-order valence-corrected chi connectivity index (χ4v) is 3.59. The minimum absolute atomic E-state index is 0.105. The van der Waals surface area contributed by atoms with Crippen LogP contribution in [0.1, 0.15) is 23.6 Å². The van der Waals surface area contributed by atoms with Crippen molar-refractivity contribution in [2.45, 2.75) is 18.9 Å². The van der Waals surface area contributed by atoms with Crippen molar-refractivity contribution in [3.8, 4) is 5.75 Å². The molecular formula is C20H24N4O3. The molecule has 1 amide bonds. The van der Waals surface area contributed by atoms with Crippen molar-refractivity contribution in [1.29, 1.82) is 0 Å². The summed E-state index contributed by atoms with van der Waals surface area (Å²) >= 11 is 0. The molecule has 7 nitrogen and oxygen atoms in total. The van der Waals surface area contributed by atoms with Crippen molar-refractivity contribution in [2.75, 3.05) is 44.9 Å². The zero-order valence-corrected chi connectivity index (χ0v) is 15.5. The van der Waals surface area contributed by atoms with Gasteiger partial charge in [-0.1, -0.05) is 12.1 Å². The molecule has 27 heavy (non-hydrogen) atoms. The van der Waals surface area contributed by atoms with Crippen molar-refractivity contribution in [2.24, 2.45) is 0 Å². The molecular weight excluding hydrogens is 344 g/mol. The number of carbonyl (C=O) groups excluding carboxylic acids is 1. The number of hydrogen-bond donors (Lipinski definition) is 0. The van der Waals surface area contributed by atoms with Gasteiger partial charge in [0.1, 0.15) is 17.9 Å². The third-order valence-corrected chi connectivity index (χ3v) is 5.17. The van der Waals surface area contributed by atoms with Gasteiger partial charge in [0.25, 0.3) is 0 Å². The second kappa shape index (κ2) is 7.92. The van der Waals surface area contributed by atoms with Crippen LogP contribution in [-0.4, -0.2) is 60.7 Å². The Labute approximate surface area is 158 Å². The lowest BCUT2D eigenvalue weighted by Gasteiger charge is -2.35. The SMILES string of the molecule is COc1cccc(CN2CCN(c3cc(C4CCOC4)ncn3)CC2=O)c1. The van der Waals surface area contributed by atoms with Gasteiger partial charge in [0.05, 0.1) is 26.0 Å². The predicted octanol–water partition coefficient (Wildman–Crippen LogP) is 1.84. The summed E-state index contributed by atoms with van der Waals surface area (Å²) in [7, 11) is 1.65. The predicted molar refractivity (Wildman–Crippen MR) is 101 cm³/mol. The number of anilines is 1. The number of ether oxygens (including phenoxy) is 2. The van der Waals surface area contributed by atoms with Crippen molar-refractivity contribution < 1.29 is 14.3 Å². The third kappa shape index (κ3) is 4.03. The van der Waals surface area contributed by atoms with E-state index in [0.29, 0.717) is 32.2 Å². The van der Waals surface area contributed by atoms with Gasteiger partial charge in [-0.3, -0.25) is 4.79 Å². The van der Waals surface area contributed by atoms with Gasteiger partial charge in [-0.25, -0.2) is 9.97 Å². The number of hydrogen-bond acceptors (Lipinski definition) is 6. The average Bonchev–Trinajstić information content (AvgIpc) is 3.25. The molecule has 0 aliphatic carbocycles. The summed E-state index contributed by atoms with van der Waals surface area (Å²) in [5, 5.41) is 0. The Morgan fingerprint density at radius 1 is 1.26 bits per heavy atom. The minimum Gasteiger partial charge on any atom is -0.497 e. The van der Waals surface area contributed by atoms with Crippen LogP contribution in [0.4, 0.5) is 5.82 Å². The maximum Gasteiger partial charge on any atom is 0.242 e. The summed E-state index contributed by atoms with van der Waals surface area (Å²) in [6, 6.07) is 9.85. The number of piperazine rings is 1. The Kier molecular flexibility index (Phi) is 5.20. The lowest BCUT2D eigenvalue weighted by atomic mass is 10.0. The molecule has 0 radical (unpaired) electrons. The van der Waals surface area contributed by atoms with Gasteiger partial charge < -0.3 is 19.3 Å². The number of benzene rings is 1. The molecule has 2 saturated heterocycles. The van der Waals surface area contributed by atoms with Crippen LogP contribution in [0.3, 0.4) is 0 Å². The van der Waals surface area contributed by atoms with Crippen LogP contribution in [0.25, 0.3) is 0 Å². The molecule has 7 heteroatoms. The lowest BCUT2D eigenvalue weighted by molar-refractivity contribution is -0.131. The molecule has 1 atom stereocenters. The average molecular weight is 368 g/mol. The summed E-state index contributed by atoms with van der Waals surface area (Å²) in [4.78, 5) is 25.4. The van der Waals surface area contributed by atoms with Gasteiger partial charge in [-0.2, -0.15) is 0 Å². The highest BCUT2D eigenvalue weighted by atomic mass is 16.5. The van der Waals surface area contributed by atoms with Gasteiger partial charge in [-0.15, -0.1) is 0 Å². The first-order valence-electron chi connectivity index (χ1n) is 9.28. The van der Waals surface area contributed by atoms with Gasteiger partial charge in [0, 0.05) is 38.2 Å². The van der Waals surface area contributed by atoms with E-state index in [1.54, 1.807) is 13.4 Å². The molecule has 0 spiro atoms. The van der Waals surface area contributed by atoms with E-state index < -0.39 is 0 Å². The van der Waals surface area contributed by atoms with E-state index in [0.717, 1.165) is 42.4 Å². The molecule has 1 aromatic carbocycles. The Bertz CT molecular complexity index is 807. The first kappa shape index (κ1) is 17.7. The molecule has 2 aromatic rings. The Morgan fingerprint density at radius 3 is 2.96 bits per heavy atom. The standard InChI is InChI=1S/C20H24N4O3/c1-26-17-4-2-3-15(9-17)11-24-7-6-23(12-20(24)25)19-10-18(21-14-22-19)16-5-8-27-13-16/h2-4,9-10,14,16H,5-8,11-13H2,1H3. The highest BCUT2D eigenvalue weighted by molar-refractivity contribution is 5.82. The van der Waals surface area contributed by atoms with Crippen molar-refractivity contribution in [1.82, 2.24) is 14.9 Å². The highest BCUT2D eigenvalue weighted by Gasteiger charge is 2.26. The van der Waals surface area contributed by atoms with E-state index in [2.05, 4.69) is 9.97 Å². The summed E-state index contributed by atoms with van der Waals surface area (Å²) in [5.74, 6) is 2.06. The number of rotatable bonds is 5. The fourth-order valence-electron chi connectivity index (χ4n) is 3.59. The molecule has 1 aromatic heterocycles. The monoisotopic (exact) mass is 368 g/mol. The molecule has 4 rings (SSSR count). The van der Waals surface area contributed by atoms with Crippen LogP contribution in [0.5, 0.6) is 5.75 Å². The zero-order chi connectivity index (χ0) is 18.6. The molecule has 2 fully saturated rings. The maximum absolute atomic E-state index is 12.7. The number of carbonyl (C=O) groups is 1. The van der Waals surface area contributed by atoms with Crippen molar-refractivity contribution >= 4 is 11.7 Å². The summed E-state index contributed by atoms with van der Waals surface area (Å²) < 4.78 is 10.7. The fraction of sp³-hybridized carbons (Fsp3) is 0.450.